The van der Waals surface area contributed by atoms with E-state index >= 15 is 0 Å². The number of carbonyl (C=O) groups is 2. The predicted molar refractivity (Wildman–Crippen MR) is 95.3 cm³/mol. The van der Waals surface area contributed by atoms with Gasteiger partial charge in [0.1, 0.15) is 0 Å². The van der Waals surface area contributed by atoms with Crippen LogP contribution in [0.4, 0.5) is 8.78 Å². The molecule has 0 aliphatic heterocycles. The molecular formula is C19H18F2N2O4. The molecule has 3 rings (SSSR count). The summed E-state index contributed by atoms with van der Waals surface area (Å²) < 4.78 is 25.9. The zero-order valence-corrected chi connectivity index (χ0v) is 14.2. The average molecular weight is 376 g/mol. The van der Waals surface area contributed by atoms with Crippen LogP contribution in [0.25, 0.3) is 10.9 Å². The van der Waals surface area contributed by atoms with Gasteiger partial charge in [0.25, 0.3) is 0 Å². The maximum absolute atomic E-state index is 13.1. The number of halogens is 2. The molecular weight excluding hydrogens is 358 g/mol. The molecule has 27 heavy (non-hydrogen) atoms. The number of hydrogen-bond acceptors (Lipinski definition) is 3. The highest BCUT2D eigenvalue weighted by molar-refractivity contribution is 6.27. The topological polar surface area (TPSA) is 102 Å². The minimum absolute atomic E-state index is 0.527. The molecule has 0 unspecified atom stereocenters. The first-order valence-corrected chi connectivity index (χ1v) is 8.04. The Labute approximate surface area is 153 Å². The molecule has 1 heterocycles. The number of hydrogen-bond donors (Lipinski definition) is 4. The van der Waals surface area contributed by atoms with Gasteiger partial charge < -0.3 is 20.5 Å². The molecule has 0 aliphatic carbocycles. The molecule has 8 heteroatoms. The van der Waals surface area contributed by atoms with Crippen LogP contribution in [0.5, 0.6) is 0 Å². The minimum Gasteiger partial charge on any atom is -0.473 e. The van der Waals surface area contributed by atoms with Crippen molar-refractivity contribution in [1.29, 1.82) is 0 Å². The van der Waals surface area contributed by atoms with E-state index in [4.69, 9.17) is 19.8 Å². The number of carboxylic acid groups (broad SMARTS) is 2. The van der Waals surface area contributed by atoms with E-state index in [1.807, 2.05) is 24.4 Å². The number of benzene rings is 2. The van der Waals surface area contributed by atoms with Crippen LogP contribution < -0.4 is 5.32 Å². The Hall–Kier alpha value is -3.26. The van der Waals surface area contributed by atoms with Crippen LogP contribution in [0.1, 0.15) is 11.1 Å². The Morgan fingerprint density at radius 2 is 1.70 bits per heavy atom. The number of para-hydroxylation sites is 1. The molecule has 0 radical (unpaired) electrons. The second kappa shape index (κ2) is 9.44. The van der Waals surface area contributed by atoms with Gasteiger partial charge in [-0.15, -0.1) is 0 Å². The zero-order valence-electron chi connectivity index (χ0n) is 14.2. The smallest absolute Gasteiger partial charge is 0.414 e. The molecule has 0 spiro atoms. The molecule has 4 N–H and O–H groups in total. The van der Waals surface area contributed by atoms with Crippen LogP contribution in [0.3, 0.4) is 0 Å². The van der Waals surface area contributed by atoms with E-state index < -0.39 is 23.6 Å². The quantitative estimate of drug-likeness (QED) is 0.405. The Kier molecular flexibility index (Phi) is 7.01. The van der Waals surface area contributed by atoms with Crippen molar-refractivity contribution in [3.05, 3.63) is 71.4 Å². The first kappa shape index (κ1) is 20.1. The second-order valence-electron chi connectivity index (χ2n) is 5.65. The van der Waals surface area contributed by atoms with Gasteiger partial charge in [-0.3, -0.25) is 0 Å². The summed E-state index contributed by atoms with van der Waals surface area (Å²) >= 11 is 0. The fourth-order valence-electron chi connectivity index (χ4n) is 2.44. The predicted octanol–water partition coefficient (Wildman–Crippen LogP) is 2.93. The average Bonchev–Trinajstić information content (AvgIpc) is 3.05. The fraction of sp³-hybridized carbons (Fsp3) is 0.158. The summed E-state index contributed by atoms with van der Waals surface area (Å²) in [6, 6.07) is 12.2. The molecule has 0 aliphatic rings. The molecule has 0 saturated heterocycles. The van der Waals surface area contributed by atoms with Crippen LogP contribution in [-0.2, 0) is 22.6 Å². The summed E-state index contributed by atoms with van der Waals surface area (Å²) in [5.74, 6) is -5.26. The Morgan fingerprint density at radius 1 is 1.00 bits per heavy atom. The van der Waals surface area contributed by atoms with Crippen molar-refractivity contribution in [3.8, 4) is 0 Å². The van der Waals surface area contributed by atoms with Crippen LogP contribution in [0.15, 0.2) is 48.7 Å². The van der Waals surface area contributed by atoms with E-state index in [9.17, 15) is 8.78 Å². The van der Waals surface area contributed by atoms with Crippen molar-refractivity contribution in [1.82, 2.24) is 10.3 Å². The highest BCUT2D eigenvalue weighted by atomic mass is 19.2. The van der Waals surface area contributed by atoms with Crippen molar-refractivity contribution in [2.45, 2.75) is 13.0 Å². The van der Waals surface area contributed by atoms with Crippen molar-refractivity contribution in [2.75, 3.05) is 6.54 Å². The number of aliphatic carboxylic acids is 2. The lowest BCUT2D eigenvalue weighted by Gasteiger charge is -2.05. The number of H-pyrrole nitrogens is 1. The molecule has 1 aromatic heterocycles. The summed E-state index contributed by atoms with van der Waals surface area (Å²) in [5.41, 5.74) is 3.13. The first-order valence-electron chi connectivity index (χ1n) is 8.04. The van der Waals surface area contributed by atoms with Gasteiger partial charge in [0.05, 0.1) is 0 Å². The lowest BCUT2D eigenvalue weighted by Crippen LogP contribution is -2.16. The van der Waals surface area contributed by atoms with Crippen LogP contribution in [0.2, 0.25) is 0 Å². The van der Waals surface area contributed by atoms with Gasteiger partial charge in [0.15, 0.2) is 11.6 Å². The third kappa shape index (κ3) is 5.89. The summed E-state index contributed by atoms with van der Waals surface area (Å²) in [7, 11) is 0. The van der Waals surface area contributed by atoms with Crippen LogP contribution in [-0.4, -0.2) is 33.7 Å². The fourth-order valence-corrected chi connectivity index (χ4v) is 2.44. The molecule has 0 bridgehead atoms. The molecule has 3 aromatic rings. The van der Waals surface area contributed by atoms with Crippen molar-refractivity contribution >= 4 is 22.8 Å². The maximum Gasteiger partial charge on any atom is 0.414 e. The van der Waals surface area contributed by atoms with Crippen LogP contribution in [0, 0.1) is 11.6 Å². The van der Waals surface area contributed by atoms with Crippen molar-refractivity contribution in [2.24, 2.45) is 0 Å². The summed E-state index contributed by atoms with van der Waals surface area (Å²) in [4.78, 5) is 21.4. The molecule has 2 aromatic carbocycles. The van der Waals surface area contributed by atoms with Gasteiger partial charge >= 0.3 is 11.9 Å². The van der Waals surface area contributed by atoms with E-state index in [1.165, 1.54) is 17.0 Å². The maximum atomic E-state index is 13.1. The Balaban J connectivity index is 0.000000380. The number of rotatable bonds is 5. The van der Waals surface area contributed by atoms with Crippen molar-refractivity contribution < 1.29 is 28.6 Å². The highest BCUT2D eigenvalue weighted by Crippen LogP contribution is 2.17. The highest BCUT2D eigenvalue weighted by Gasteiger charge is 2.05. The lowest BCUT2D eigenvalue weighted by molar-refractivity contribution is -0.159. The van der Waals surface area contributed by atoms with E-state index in [0.717, 1.165) is 30.1 Å². The van der Waals surface area contributed by atoms with E-state index in [1.54, 1.807) is 6.07 Å². The number of carboxylic acids is 2. The molecule has 142 valence electrons. The zero-order chi connectivity index (χ0) is 19.8. The normalized spacial score (nSPS) is 10.3. The summed E-state index contributed by atoms with van der Waals surface area (Å²) in [5, 5.41) is 19.3. The summed E-state index contributed by atoms with van der Waals surface area (Å²) in [6.07, 6.45) is 2.90. The molecule has 0 saturated carbocycles. The van der Waals surface area contributed by atoms with E-state index in [2.05, 4.69) is 16.4 Å². The largest absolute Gasteiger partial charge is 0.473 e. The Bertz CT molecular complexity index is 928. The van der Waals surface area contributed by atoms with Gasteiger partial charge in [0.2, 0.25) is 0 Å². The van der Waals surface area contributed by atoms with Gasteiger partial charge in [-0.2, -0.15) is 0 Å². The van der Waals surface area contributed by atoms with Gasteiger partial charge in [-0.1, -0.05) is 24.3 Å². The van der Waals surface area contributed by atoms with Crippen molar-refractivity contribution in [3.63, 3.8) is 0 Å². The van der Waals surface area contributed by atoms with Gasteiger partial charge in [-0.25, -0.2) is 18.4 Å². The molecule has 0 atom stereocenters. The lowest BCUT2D eigenvalue weighted by atomic mass is 10.1. The first-order chi connectivity index (χ1) is 12.9. The molecule has 0 fully saturated rings. The number of aromatic amines is 1. The monoisotopic (exact) mass is 376 g/mol. The molecule has 0 amide bonds. The minimum atomic E-state index is -1.82. The number of fused-ring (bicyclic) bond motifs is 1. The van der Waals surface area contributed by atoms with Crippen LogP contribution >= 0.6 is 0 Å². The number of aromatic nitrogens is 1. The summed E-state index contributed by atoms with van der Waals surface area (Å²) in [6.45, 7) is 1.31. The third-order valence-corrected chi connectivity index (χ3v) is 3.74. The molecule has 6 nitrogen and oxygen atoms in total. The Morgan fingerprint density at radius 3 is 2.37 bits per heavy atom. The number of nitrogens with one attached hydrogen (secondary N) is 2. The third-order valence-electron chi connectivity index (χ3n) is 3.74. The van der Waals surface area contributed by atoms with E-state index in [-0.39, 0.29) is 0 Å². The van der Waals surface area contributed by atoms with Gasteiger partial charge in [-0.05, 0) is 42.3 Å². The second-order valence-corrected chi connectivity index (χ2v) is 5.65. The standard InChI is InChI=1S/C17H16F2N2.C2H2O4/c18-15-6-5-12(9-16(15)19)10-20-8-7-13-11-21-17-4-2-1-3-14(13)17;3-1(4)2(5)6/h1-6,9,11,20-21H,7-8,10H2;(H,3,4)(H,5,6). The van der Waals surface area contributed by atoms with Gasteiger partial charge in [0, 0.05) is 23.6 Å². The SMILES string of the molecule is Fc1ccc(CNCCc2c[nH]c3ccccc23)cc1F.O=C(O)C(=O)O. The van der Waals surface area contributed by atoms with E-state index in [0.29, 0.717) is 6.54 Å².